The lowest BCUT2D eigenvalue weighted by Crippen LogP contribution is -2.39. The normalized spacial score (nSPS) is 14.5. The molecule has 8 nitrogen and oxygen atoms in total. The van der Waals surface area contributed by atoms with Gasteiger partial charge in [-0.05, 0) is 89.8 Å². The maximum absolute atomic E-state index is 15.0. The predicted octanol–water partition coefficient (Wildman–Crippen LogP) is 7.59. The van der Waals surface area contributed by atoms with Crippen LogP contribution in [-0.2, 0) is 9.47 Å². The van der Waals surface area contributed by atoms with E-state index in [-0.39, 0.29) is 22.8 Å². The summed E-state index contributed by atoms with van der Waals surface area (Å²) in [5.41, 5.74) is 1.44. The first-order chi connectivity index (χ1) is 19.8. The van der Waals surface area contributed by atoms with Crippen molar-refractivity contribution in [1.29, 1.82) is 0 Å². The van der Waals surface area contributed by atoms with Crippen LogP contribution in [0.2, 0.25) is 0 Å². The summed E-state index contributed by atoms with van der Waals surface area (Å²) >= 11 is 6.41. The van der Waals surface area contributed by atoms with E-state index in [0.717, 1.165) is 17.2 Å². The summed E-state index contributed by atoms with van der Waals surface area (Å²) in [6.07, 6.45) is 4.61. The Morgan fingerprint density at radius 1 is 1.12 bits per heavy atom. The zero-order valence-electron chi connectivity index (χ0n) is 26.4. The van der Waals surface area contributed by atoms with Crippen molar-refractivity contribution in [2.45, 2.75) is 66.1 Å². The van der Waals surface area contributed by atoms with E-state index in [1.807, 2.05) is 0 Å². The van der Waals surface area contributed by atoms with Crippen molar-refractivity contribution in [3.8, 4) is 0 Å². The van der Waals surface area contributed by atoms with E-state index in [2.05, 4.69) is 18.5 Å². The van der Waals surface area contributed by atoms with E-state index in [9.17, 15) is 14.4 Å². The number of hydrogen-bond acceptors (Lipinski definition) is 5. The van der Waals surface area contributed by atoms with Crippen molar-refractivity contribution in [1.82, 2.24) is 15.1 Å². The monoisotopic (exact) mass is 615 g/mol. The van der Waals surface area contributed by atoms with E-state index in [1.54, 1.807) is 78.6 Å². The average Bonchev–Trinajstić information content (AvgIpc) is 2.88. The molecule has 234 valence electrons. The summed E-state index contributed by atoms with van der Waals surface area (Å²) in [7, 11) is 1.62. The SMILES string of the molecule is C=C(/C=C(/Cl)C(=C)/C(C)=C/CN(C)C(=O)OC(C)(C)C)NC(=O)c1ccc(C2=CCN(C(=O)OC(C)(C)C)CC2)c(F)c1. The minimum absolute atomic E-state index is 0.110. The van der Waals surface area contributed by atoms with Crippen molar-refractivity contribution in [3.05, 3.63) is 88.4 Å². The summed E-state index contributed by atoms with van der Waals surface area (Å²) in [4.78, 5) is 40.2. The van der Waals surface area contributed by atoms with Crippen molar-refractivity contribution in [2.75, 3.05) is 26.7 Å². The van der Waals surface area contributed by atoms with Gasteiger partial charge in [-0.25, -0.2) is 14.0 Å². The van der Waals surface area contributed by atoms with Crippen molar-refractivity contribution >= 4 is 35.3 Å². The van der Waals surface area contributed by atoms with Crippen molar-refractivity contribution in [2.24, 2.45) is 0 Å². The number of allylic oxidation sites excluding steroid dienone is 4. The Bertz CT molecular complexity index is 1370. The molecule has 10 heteroatoms. The lowest BCUT2D eigenvalue weighted by Gasteiger charge is -2.29. The van der Waals surface area contributed by atoms with E-state index in [1.165, 1.54) is 17.0 Å². The number of hydrogen-bond donors (Lipinski definition) is 1. The number of amides is 3. The fraction of sp³-hybridized carbons (Fsp3) is 0.424. The number of nitrogens with zero attached hydrogens (tertiary/aromatic N) is 2. The van der Waals surface area contributed by atoms with Gasteiger partial charge >= 0.3 is 12.2 Å². The highest BCUT2D eigenvalue weighted by Gasteiger charge is 2.25. The molecular weight excluding hydrogens is 573 g/mol. The summed E-state index contributed by atoms with van der Waals surface area (Å²) in [5, 5.41) is 2.85. The highest BCUT2D eigenvalue weighted by Crippen LogP contribution is 2.27. The Hall–Kier alpha value is -3.85. The highest BCUT2D eigenvalue weighted by atomic mass is 35.5. The fourth-order valence-electron chi connectivity index (χ4n) is 3.82. The third-order valence-electron chi connectivity index (χ3n) is 6.15. The van der Waals surface area contributed by atoms with Gasteiger partial charge in [-0.1, -0.05) is 43.0 Å². The summed E-state index contributed by atoms with van der Waals surface area (Å²) < 4.78 is 25.8. The van der Waals surface area contributed by atoms with Gasteiger partial charge < -0.3 is 24.6 Å². The van der Waals surface area contributed by atoms with Crippen LogP contribution in [0.5, 0.6) is 0 Å². The quantitative estimate of drug-likeness (QED) is 0.305. The molecule has 3 amide bonds. The standard InChI is InChI=1S/C33H43ClFN3O5/c1-21(13-16-37(10)30(40)42-32(4,5)6)23(3)27(34)19-22(2)36-29(39)25-11-12-26(28(35)20-25)24-14-17-38(18-15-24)31(41)43-33(7,8)9/h11-14,19-20H,2-3,15-18H2,1,4-10H3,(H,36,39)/b21-13+,27-19+. The summed E-state index contributed by atoms with van der Waals surface area (Å²) in [6.45, 7) is 21.4. The van der Waals surface area contributed by atoms with E-state index < -0.39 is 35.1 Å². The second-order valence-electron chi connectivity index (χ2n) is 12.3. The fourth-order valence-corrected chi connectivity index (χ4v) is 4.10. The third kappa shape index (κ3) is 11.4. The lowest BCUT2D eigenvalue weighted by atomic mass is 9.97. The van der Waals surface area contributed by atoms with Gasteiger partial charge in [0.1, 0.15) is 17.0 Å². The largest absolute Gasteiger partial charge is 0.444 e. The zero-order valence-corrected chi connectivity index (χ0v) is 27.2. The Morgan fingerprint density at radius 3 is 2.28 bits per heavy atom. The Morgan fingerprint density at radius 2 is 1.74 bits per heavy atom. The molecule has 0 spiro atoms. The molecule has 1 aromatic rings. The van der Waals surface area contributed by atoms with Crippen LogP contribution in [0.3, 0.4) is 0 Å². The molecule has 1 aromatic carbocycles. The Labute approximate surface area is 259 Å². The van der Waals surface area contributed by atoms with Crippen LogP contribution in [-0.4, -0.2) is 65.8 Å². The van der Waals surface area contributed by atoms with Crippen LogP contribution >= 0.6 is 11.6 Å². The van der Waals surface area contributed by atoms with Gasteiger partial charge in [0.25, 0.3) is 5.91 Å². The van der Waals surface area contributed by atoms with Gasteiger partial charge in [0.2, 0.25) is 0 Å². The molecule has 1 aliphatic heterocycles. The summed E-state index contributed by atoms with van der Waals surface area (Å²) in [6, 6.07) is 4.24. The summed E-state index contributed by atoms with van der Waals surface area (Å²) in [5.74, 6) is -1.10. The van der Waals surface area contributed by atoms with Crippen LogP contribution in [0.4, 0.5) is 14.0 Å². The second kappa shape index (κ2) is 14.6. The van der Waals surface area contributed by atoms with Gasteiger partial charge in [-0.2, -0.15) is 0 Å². The number of carbonyl (C=O) groups excluding carboxylic acids is 3. The number of halogens is 2. The Kier molecular flexibility index (Phi) is 12.0. The third-order valence-corrected chi connectivity index (χ3v) is 6.49. The Balaban J connectivity index is 1.99. The number of benzene rings is 1. The highest BCUT2D eigenvalue weighted by molar-refractivity contribution is 6.32. The lowest BCUT2D eigenvalue weighted by molar-refractivity contribution is 0.0268. The number of likely N-dealkylation sites (N-methyl/N-ethyl adjacent to an activating group) is 1. The first-order valence-corrected chi connectivity index (χ1v) is 14.3. The molecule has 0 fully saturated rings. The number of ether oxygens (including phenoxy) is 2. The van der Waals surface area contributed by atoms with Crippen LogP contribution in [0.25, 0.3) is 5.57 Å². The van der Waals surface area contributed by atoms with Gasteiger partial charge in [0.05, 0.1) is 0 Å². The molecule has 43 heavy (non-hydrogen) atoms. The molecule has 0 saturated heterocycles. The number of nitrogens with one attached hydrogen (secondary N) is 1. The molecule has 1 N–H and O–H groups in total. The molecule has 0 aromatic heterocycles. The topological polar surface area (TPSA) is 88.2 Å². The first kappa shape index (κ1) is 35.3. The molecule has 2 rings (SSSR count). The van der Waals surface area contributed by atoms with Gasteiger partial charge in [-0.3, -0.25) is 4.79 Å². The molecule has 0 radical (unpaired) electrons. The van der Waals surface area contributed by atoms with Crippen molar-refractivity contribution < 1.29 is 28.2 Å². The molecule has 0 unspecified atom stereocenters. The minimum Gasteiger partial charge on any atom is -0.444 e. The molecule has 0 atom stereocenters. The van der Waals surface area contributed by atoms with Crippen LogP contribution < -0.4 is 5.32 Å². The van der Waals surface area contributed by atoms with E-state index >= 15 is 4.39 Å². The van der Waals surface area contributed by atoms with Gasteiger partial charge in [0.15, 0.2) is 0 Å². The predicted molar refractivity (Wildman–Crippen MR) is 169 cm³/mol. The zero-order chi connectivity index (χ0) is 32.7. The maximum atomic E-state index is 15.0. The average molecular weight is 616 g/mol. The molecular formula is C33H43ClFN3O5. The number of rotatable bonds is 8. The second-order valence-corrected chi connectivity index (χ2v) is 12.7. The molecule has 1 aliphatic rings. The molecule has 1 heterocycles. The van der Waals surface area contributed by atoms with Crippen LogP contribution in [0.15, 0.2) is 71.5 Å². The minimum atomic E-state index is -0.599. The van der Waals surface area contributed by atoms with Crippen LogP contribution in [0, 0.1) is 5.82 Å². The van der Waals surface area contributed by atoms with Gasteiger partial charge in [-0.15, -0.1) is 0 Å². The van der Waals surface area contributed by atoms with Crippen LogP contribution in [0.1, 0.15) is 70.8 Å². The van der Waals surface area contributed by atoms with Gasteiger partial charge in [0, 0.05) is 48.5 Å². The number of carbonyl (C=O) groups is 3. The molecule has 0 bridgehead atoms. The van der Waals surface area contributed by atoms with E-state index in [4.69, 9.17) is 21.1 Å². The maximum Gasteiger partial charge on any atom is 0.410 e. The smallest absolute Gasteiger partial charge is 0.410 e. The molecule has 0 saturated carbocycles. The van der Waals surface area contributed by atoms with Crippen molar-refractivity contribution in [3.63, 3.8) is 0 Å². The van der Waals surface area contributed by atoms with E-state index in [0.29, 0.717) is 30.6 Å². The first-order valence-electron chi connectivity index (χ1n) is 13.9. The molecule has 0 aliphatic carbocycles.